The molecule has 0 fully saturated rings. The molecule has 106 valence electrons. The number of aromatic hydroxyl groups is 2. The average Bonchev–Trinajstić information content (AvgIpc) is 2.40. The molecule has 6 nitrogen and oxygen atoms in total. The Kier molecular flexibility index (Phi) is 5.44. The third-order valence-corrected chi connectivity index (χ3v) is 2.63. The number of ether oxygens (including phenoxy) is 1. The molecule has 0 heterocycles. The maximum Gasteiger partial charge on any atom is 0.259 e. The van der Waals surface area contributed by atoms with Crippen LogP contribution in [-0.4, -0.2) is 40.5 Å². The third kappa shape index (κ3) is 3.75. The van der Waals surface area contributed by atoms with Crippen molar-refractivity contribution < 1.29 is 24.9 Å². The molecule has 1 atom stereocenters. The van der Waals surface area contributed by atoms with Crippen molar-refractivity contribution in [1.29, 1.82) is 0 Å². The predicted molar refractivity (Wildman–Crippen MR) is 69.6 cm³/mol. The van der Waals surface area contributed by atoms with Gasteiger partial charge in [-0.25, -0.2) is 0 Å². The summed E-state index contributed by atoms with van der Waals surface area (Å²) in [5, 5.41) is 30.6. The zero-order chi connectivity index (χ0) is 14.4. The molecule has 1 aromatic rings. The van der Waals surface area contributed by atoms with Crippen molar-refractivity contribution in [2.24, 2.45) is 0 Å². The van der Waals surface area contributed by atoms with Crippen LogP contribution >= 0.6 is 0 Å². The third-order valence-electron chi connectivity index (χ3n) is 2.63. The van der Waals surface area contributed by atoms with Crippen LogP contribution in [0, 0.1) is 0 Å². The van der Waals surface area contributed by atoms with Crippen molar-refractivity contribution in [2.75, 3.05) is 13.2 Å². The molecule has 6 heteroatoms. The number of rotatable bonds is 6. The highest BCUT2D eigenvalue weighted by atomic mass is 16.5. The van der Waals surface area contributed by atoms with E-state index in [0.717, 1.165) is 0 Å². The molecule has 4 N–H and O–H groups in total. The largest absolute Gasteiger partial charge is 0.507 e. The predicted octanol–water partition coefficient (Wildman–Crippen LogP) is 0.997. The van der Waals surface area contributed by atoms with Gasteiger partial charge in [-0.1, -0.05) is 6.92 Å². The van der Waals surface area contributed by atoms with Gasteiger partial charge in [0.2, 0.25) is 0 Å². The number of phenolic OH excluding ortho intramolecular Hbond substituents is 2. The molecule has 1 aromatic carbocycles. The fraction of sp³-hybridized carbons (Fsp3) is 0.462. The second-order valence-electron chi connectivity index (χ2n) is 4.12. The van der Waals surface area contributed by atoms with Gasteiger partial charge in [-0.05, 0) is 25.5 Å². The lowest BCUT2D eigenvalue weighted by atomic mass is 10.1. The number of aliphatic hydroxyl groups is 1. The van der Waals surface area contributed by atoms with Gasteiger partial charge in [0.05, 0.1) is 12.7 Å². The Morgan fingerprint density at radius 3 is 2.58 bits per heavy atom. The molecule has 0 saturated heterocycles. The van der Waals surface area contributed by atoms with E-state index in [4.69, 9.17) is 9.84 Å². The first-order valence-electron chi connectivity index (χ1n) is 6.11. The second-order valence-corrected chi connectivity index (χ2v) is 4.12. The van der Waals surface area contributed by atoms with Gasteiger partial charge in [0.15, 0.2) is 11.5 Å². The summed E-state index contributed by atoms with van der Waals surface area (Å²) in [5.41, 5.74) is -0.131. The number of aliphatic hydroxyl groups excluding tert-OH is 1. The van der Waals surface area contributed by atoms with Crippen molar-refractivity contribution in [3.8, 4) is 17.2 Å². The van der Waals surface area contributed by atoms with Crippen molar-refractivity contribution in [1.82, 2.24) is 5.32 Å². The molecule has 1 unspecified atom stereocenters. The molecule has 19 heavy (non-hydrogen) atoms. The zero-order valence-corrected chi connectivity index (χ0v) is 11.0. The Morgan fingerprint density at radius 1 is 1.37 bits per heavy atom. The normalized spacial score (nSPS) is 11.9. The van der Waals surface area contributed by atoms with Crippen LogP contribution in [0.15, 0.2) is 12.1 Å². The van der Waals surface area contributed by atoms with E-state index in [1.165, 1.54) is 12.1 Å². The molecule has 0 aliphatic rings. The van der Waals surface area contributed by atoms with Crippen LogP contribution in [0.2, 0.25) is 0 Å². The number of carbonyl (C=O) groups excluding carboxylic acids is 1. The fourth-order valence-electron chi connectivity index (χ4n) is 1.44. The first-order chi connectivity index (χ1) is 9.01. The standard InChI is InChI=1S/C13H19NO5/c1-3-8(2)19-12-10(17)5-4-9(16)11(12)13(18)14-6-7-15/h4-5,8,15-17H,3,6-7H2,1-2H3,(H,14,18). The molecule has 0 aromatic heterocycles. The van der Waals surface area contributed by atoms with Crippen LogP contribution in [0.5, 0.6) is 17.2 Å². The van der Waals surface area contributed by atoms with Gasteiger partial charge in [0.1, 0.15) is 11.3 Å². The highest BCUT2D eigenvalue weighted by Gasteiger charge is 2.22. The van der Waals surface area contributed by atoms with E-state index in [-0.39, 0.29) is 42.1 Å². The Morgan fingerprint density at radius 2 is 2.00 bits per heavy atom. The summed E-state index contributed by atoms with van der Waals surface area (Å²) in [6, 6.07) is 2.47. The van der Waals surface area contributed by atoms with Crippen molar-refractivity contribution in [3.05, 3.63) is 17.7 Å². The van der Waals surface area contributed by atoms with Crippen LogP contribution in [0.1, 0.15) is 30.6 Å². The summed E-state index contributed by atoms with van der Waals surface area (Å²) in [6.07, 6.45) is 0.476. The van der Waals surface area contributed by atoms with Crippen molar-refractivity contribution >= 4 is 5.91 Å². The van der Waals surface area contributed by atoms with Crippen LogP contribution in [0.4, 0.5) is 0 Å². The van der Waals surface area contributed by atoms with Crippen molar-refractivity contribution in [3.63, 3.8) is 0 Å². The van der Waals surface area contributed by atoms with Gasteiger partial charge in [-0.3, -0.25) is 4.79 Å². The Bertz CT molecular complexity index is 447. The number of hydrogen-bond acceptors (Lipinski definition) is 5. The topological polar surface area (TPSA) is 99.0 Å². The monoisotopic (exact) mass is 269 g/mol. The van der Waals surface area contributed by atoms with E-state index in [2.05, 4.69) is 5.32 Å². The molecule has 0 aliphatic heterocycles. The summed E-state index contributed by atoms with van der Waals surface area (Å²) in [6.45, 7) is 3.53. The van der Waals surface area contributed by atoms with Gasteiger partial charge >= 0.3 is 0 Å². The molecule has 1 amide bonds. The quantitative estimate of drug-likeness (QED) is 0.577. The lowest BCUT2D eigenvalue weighted by Gasteiger charge is -2.17. The van der Waals surface area contributed by atoms with E-state index in [9.17, 15) is 15.0 Å². The van der Waals surface area contributed by atoms with E-state index >= 15 is 0 Å². The Balaban J connectivity index is 3.12. The molecule has 1 rings (SSSR count). The molecule has 0 bridgehead atoms. The molecular weight excluding hydrogens is 250 g/mol. The fourth-order valence-corrected chi connectivity index (χ4v) is 1.44. The van der Waals surface area contributed by atoms with Gasteiger partial charge in [-0.15, -0.1) is 0 Å². The minimum absolute atomic E-state index is 0.0511. The van der Waals surface area contributed by atoms with E-state index in [1.807, 2.05) is 6.92 Å². The second kappa shape index (κ2) is 6.84. The minimum atomic E-state index is -0.610. The van der Waals surface area contributed by atoms with E-state index < -0.39 is 5.91 Å². The number of amides is 1. The van der Waals surface area contributed by atoms with Crippen molar-refractivity contribution in [2.45, 2.75) is 26.4 Å². The summed E-state index contributed by atoms with van der Waals surface area (Å²) >= 11 is 0. The smallest absolute Gasteiger partial charge is 0.259 e. The highest BCUT2D eigenvalue weighted by Crippen LogP contribution is 2.37. The Labute approximate surface area is 111 Å². The molecule has 0 saturated carbocycles. The number of hydrogen-bond donors (Lipinski definition) is 4. The summed E-state index contributed by atoms with van der Waals surface area (Å²) in [4.78, 5) is 11.9. The maximum absolute atomic E-state index is 11.9. The van der Waals surface area contributed by atoms with Gasteiger partial charge in [0, 0.05) is 6.54 Å². The zero-order valence-electron chi connectivity index (χ0n) is 11.0. The average molecular weight is 269 g/mol. The van der Waals surface area contributed by atoms with Crippen LogP contribution in [0.25, 0.3) is 0 Å². The summed E-state index contributed by atoms with van der Waals surface area (Å²) in [7, 11) is 0. The van der Waals surface area contributed by atoms with Gasteiger partial charge < -0.3 is 25.4 Å². The van der Waals surface area contributed by atoms with Crippen LogP contribution < -0.4 is 10.1 Å². The SMILES string of the molecule is CCC(C)Oc1c(O)ccc(O)c1C(=O)NCCO. The number of nitrogens with one attached hydrogen (secondary N) is 1. The first kappa shape index (κ1) is 15.1. The van der Waals surface area contributed by atoms with Gasteiger partial charge in [0.25, 0.3) is 5.91 Å². The van der Waals surface area contributed by atoms with Gasteiger partial charge in [-0.2, -0.15) is 0 Å². The first-order valence-corrected chi connectivity index (χ1v) is 6.11. The molecule has 0 spiro atoms. The molecular formula is C13H19NO5. The number of carbonyl (C=O) groups is 1. The number of benzene rings is 1. The molecule has 0 radical (unpaired) electrons. The van der Waals surface area contributed by atoms with Crippen LogP contribution in [-0.2, 0) is 0 Å². The summed E-state index contributed by atoms with van der Waals surface area (Å²) in [5.74, 6) is -1.16. The minimum Gasteiger partial charge on any atom is -0.507 e. The maximum atomic E-state index is 11.9. The van der Waals surface area contributed by atoms with Crippen LogP contribution in [0.3, 0.4) is 0 Å². The van der Waals surface area contributed by atoms with E-state index in [1.54, 1.807) is 6.92 Å². The molecule has 0 aliphatic carbocycles. The lowest BCUT2D eigenvalue weighted by molar-refractivity contribution is 0.0933. The summed E-state index contributed by atoms with van der Waals surface area (Å²) < 4.78 is 5.47. The van der Waals surface area contributed by atoms with E-state index in [0.29, 0.717) is 6.42 Å². The Hall–Kier alpha value is -1.95. The number of phenols is 2. The lowest BCUT2D eigenvalue weighted by Crippen LogP contribution is -2.27. The highest BCUT2D eigenvalue weighted by molar-refractivity contribution is 6.00.